The highest BCUT2D eigenvalue weighted by atomic mass is 16.6. The number of hydrogen-bond acceptors (Lipinski definition) is 3. The topological polar surface area (TPSA) is 55.2 Å². The lowest BCUT2D eigenvalue weighted by atomic mass is 10.1. The third kappa shape index (κ3) is 3.81. The molecular weight excluding hydrogens is 228 g/mol. The van der Waals surface area contributed by atoms with Gasteiger partial charge in [0.05, 0.1) is 4.92 Å². The molecule has 0 amide bonds. The minimum Gasteiger partial charge on any atom is -0.313 e. The number of nitro benzene ring substituents is 1. The van der Waals surface area contributed by atoms with Crippen LogP contribution in [-0.2, 0) is 6.54 Å². The van der Waals surface area contributed by atoms with Crippen LogP contribution in [0.3, 0.4) is 0 Å². The maximum Gasteiger partial charge on any atom is 0.272 e. The molecule has 1 aromatic rings. The van der Waals surface area contributed by atoms with Crippen LogP contribution in [0.15, 0.2) is 18.2 Å². The highest BCUT2D eigenvalue weighted by Gasteiger charge is 2.19. The van der Waals surface area contributed by atoms with Gasteiger partial charge < -0.3 is 5.32 Å². The van der Waals surface area contributed by atoms with Gasteiger partial charge in [0.1, 0.15) is 0 Å². The Bertz CT molecular complexity index is 428. The molecule has 0 heterocycles. The average molecular weight is 248 g/mol. The predicted octanol–water partition coefficient (Wildman–Crippen LogP) is 3.18. The van der Waals surface area contributed by atoms with E-state index in [1.54, 1.807) is 13.0 Å². The largest absolute Gasteiger partial charge is 0.313 e. The van der Waals surface area contributed by atoms with Crippen LogP contribution in [0.5, 0.6) is 0 Å². The second-order valence-electron chi connectivity index (χ2n) is 5.14. The first-order chi connectivity index (χ1) is 8.66. The first-order valence-corrected chi connectivity index (χ1v) is 6.61. The Balaban J connectivity index is 1.77. The van der Waals surface area contributed by atoms with Crippen LogP contribution in [0, 0.1) is 23.0 Å². The van der Waals surface area contributed by atoms with Crippen LogP contribution in [-0.4, -0.2) is 11.5 Å². The molecule has 4 nitrogen and oxygen atoms in total. The van der Waals surface area contributed by atoms with Crippen LogP contribution in [0.4, 0.5) is 5.69 Å². The molecule has 4 heteroatoms. The van der Waals surface area contributed by atoms with Crippen molar-refractivity contribution in [2.24, 2.45) is 5.92 Å². The lowest BCUT2D eigenvalue weighted by Gasteiger charge is -2.05. The molecule has 2 rings (SSSR count). The van der Waals surface area contributed by atoms with Crippen molar-refractivity contribution < 1.29 is 4.92 Å². The van der Waals surface area contributed by atoms with E-state index in [4.69, 9.17) is 0 Å². The van der Waals surface area contributed by atoms with Gasteiger partial charge in [0.15, 0.2) is 0 Å². The molecule has 0 unspecified atom stereocenters. The summed E-state index contributed by atoms with van der Waals surface area (Å²) in [6, 6.07) is 5.44. The monoisotopic (exact) mass is 248 g/mol. The Labute approximate surface area is 108 Å². The third-order valence-corrected chi connectivity index (χ3v) is 3.46. The van der Waals surface area contributed by atoms with Gasteiger partial charge in [-0.1, -0.05) is 25.0 Å². The molecule has 98 valence electrons. The van der Waals surface area contributed by atoms with Crippen molar-refractivity contribution >= 4 is 5.69 Å². The van der Waals surface area contributed by atoms with Gasteiger partial charge in [-0.05, 0) is 37.8 Å². The van der Waals surface area contributed by atoms with E-state index in [-0.39, 0.29) is 10.6 Å². The third-order valence-electron chi connectivity index (χ3n) is 3.46. The number of benzene rings is 1. The van der Waals surface area contributed by atoms with Gasteiger partial charge in [0, 0.05) is 18.2 Å². The Morgan fingerprint density at radius 1 is 1.44 bits per heavy atom. The summed E-state index contributed by atoms with van der Waals surface area (Å²) in [6.45, 7) is 3.48. The minimum absolute atomic E-state index is 0.215. The molecule has 0 atom stereocenters. The van der Waals surface area contributed by atoms with E-state index in [1.807, 2.05) is 12.1 Å². The zero-order valence-electron chi connectivity index (χ0n) is 10.8. The zero-order valence-corrected chi connectivity index (χ0v) is 10.8. The maximum atomic E-state index is 10.8. The molecule has 0 radical (unpaired) electrons. The summed E-state index contributed by atoms with van der Waals surface area (Å²) in [5.41, 5.74) is 1.92. The average Bonchev–Trinajstić information content (AvgIpc) is 3.14. The first-order valence-electron chi connectivity index (χ1n) is 6.61. The van der Waals surface area contributed by atoms with Gasteiger partial charge in [-0.25, -0.2) is 0 Å². The van der Waals surface area contributed by atoms with Gasteiger partial charge in [0.2, 0.25) is 0 Å². The fraction of sp³-hybridized carbons (Fsp3) is 0.571. The maximum absolute atomic E-state index is 10.8. The lowest BCUT2D eigenvalue weighted by Crippen LogP contribution is -2.15. The van der Waals surface area contributed by atoms with E-state index in [0.717, 1.165) is 23.6 Å². The van der Waals surface area contributed by atoms with Gasteiger partial charge >= 0.3 is 0 Å². The Morgan fingerprint density at radius 3 is 2.89 bits per heavy atom. The number of nitrogens with zero attached hydrogens (tertiary/aromatic N) is 1. The van der Waals surface area contributed by atoms with Crippen molar-refractivity contribution in [2.45, 2.75) is 39.2 Å². The predicted molar refractivity (Wildman–Crippen MR) is 71.5 cm³/mol. The molecule has 1 aliphatic carbocycles. The number of nitro groups is 1. The molecule has 0 bridgehead atoms. The fourth-order valence-electron chi connectivity index (χ4n) is 2.12. The van der Waals surface area contributed by atoms with Crippen molar-refractivity contribution in [3.8, 4) is 0 Å². The van der Waals surface area contributed by atoms with Crippen LogP contribution in [0.1, 0.15) is 36.8 Å². The summed E-state index contributed by atoms with van der Waals surface area (Å²) in [5, 5.41) is 14.2. The van der Waals surface area contributed by atoms with Gasteiger partial charge in [-0.15, -0.1) is 0 Å². The Hall–Kier alpha value is -1.42. The number of aryl methyl sites for hydroxylation is 1. The molecule has 1 fully saturated rings. The molecule has 18 heavy (non-hydrogen) atoms. The van der Waals surface area contributed by atoms with E-state index < -0.39 is 0 Å². The minimum atomic E-state index is -0.314. The zero-order chi connectivity index (χ0) is 13.0. The standard InChI is InChI=1S/C14H20N2O2/c1-11-4-5-13(9-14(11)16(17)18)10-15-8-2-3-12-6-7-12/h4-5,9,12,15H,2-3,6-8,10H2,1H3. The van der Waals surface area contributed by atoms with Gasteiger partial charge in [-0.3, -0.25) is 10.1 Å². The first kappa shape index (κ1) is 13.0. The molecule has 1 N–H and O–H groups in total. The molecular formula is C14H20N2O2. The molecule has 0 saturated heterocycles. The van der Waals surface area contributed by atoms with E-state index in [9.17, 15) is 10.1 Å². The van der Waals surface area contributed by atoms with E-state index in [2.05, 4.69) is 5.32 Å². The van der Waals surface area contributed by atoms with Crippen LogP contribution in [0.2, 0.25) is 0 Å². The van der Waals surface area contributed by atoms with Crippen LogP contribution < -0.4 is 5.32 Å². The normalized spacial score (nSPS) is 14.7. The Morgan fingerprint density at radius 2 is 2.22 bits per heavy atom. The van der Waals surface area contributed by atoms with Crippen molar-refractivity contribution in [3.05, 3.63) is 39.4 Å². The van der Waals surface area contributed by atoms with Crippen molar-refractivity contribution in [1.29, 1.82) is 0 Å². The summed E-state index contributed by atoms with van der Waals surface area (Å²) < 4.78 is 0. The van der Waals surface area contributed by atoms with E-state index in [0.29, 0.717) is 6.54 Å². The summed E-state index contributed by atoms with van der Waals surface area (Å²) >= 11 is 0. The summed E-state index contributed by atoms with van der Waals surface area (Å²) in [5.74, 6) is 0.979. The van der Waals surface area contributed by atoms with Crippen LogP contribution in [0.25, 0.3) is 0 Å². The fourth-order valence-corrected chi connectivity index (χ4v) is 2.12. The van der Waals surface area contributed by atoms with Crippen LogP contribution >= 0.6 is 0 Å². The Kier molecular flexibility index (Phi) is 4.31. The van der Waals surface area contributed by atoms with Crippen molar-refractivity contribution in [3.63, 3.8) is 0 Å². The SMILES string of the molecule is Cc1ccc(CNCCCC2CC2)cc1[N+](=O)[O-]. The molecule has 0 aliphatic heterocycles. The lowest BCUT2D eigenvalue weighted by molar-refractivity contribution is -0.385. The molecule has 0 spiro atoms. The highest BCUT2D eigenvalue weighted by molar-refractivity contribution is 5.42. The van der Waals surface area contributed by atoms with Crippen molar-refractivity contribution in [2.75, 3.05) is 6.54 Å². The summed E-state index contributed by atoms with van der Waals surface area (Å²) in [7, 11) is 0. The number of nitrogens with one attached hydrogen (secondary N) is 1. The molecule has 0 aromatic heterocycles. The van der Waals surface area contributed by atoms with Gasteiger partial charge in [0.25, 0.3) is 5.69 Å². The van der Waals surface area contributed by atoms with E-state index in [1.165, 1.54) is 25.7 Å². The molecule has 1 aliphatic rings. The number of rotatable bonds is 7. The summed E-state index contributed by atoms with van der Waals surface area (Å²) in [4.78, 5) is 10.5. The second kappa shape index (κ2) is 5.96. The van der Waals surface area contributed by atoms with Gasteiger partial charge in [-0.2, -0.15) is 0 Å². The molecule has 1 aromatic carbocycles. The quantitative estimate of drug-likeness (QED) is 0.458. The molecule has 1 saturated carbocycles. The summed E-state index contributed by atoms with van der Waals surface area (Å²) in [6.07, 6.45) is 5.34. The van der Waals surface area contributed by atoms with E-state index >= 15 is 0 Å². The smallest absolute Gasteiger partial charge is 0.272 e. The highest BCUT2D eigenvalue weighted by Crippen LogP contribution is 2.33. The number of hydrogen-bond donors (Lipinski definition) is 1. The van der Waals surface area contributed by atoms with Crippen molar-refractivity contribution in [1.82, 2.24) is 5.32 Å². The second-order valence-corrected chi connectivity index (χ2v) is 5.14.